The van der Waals surface area contributed by atoms with E-state index in [0.717, 1.165) is 5.56 Å². The number of nitrogens with one attached hydrogen (secondary N) is 2. The molecule has 0 radical (unpaired) electrons. The number of amides is 2. The van der Waals surface area contributed by atoms with Crippen LogP contribution < -0.4 is 10.6 Å². The van der Waals surface area contributed by atoms with Crippen molar-refractivity contribution in [3.8, 4) is 0 Å². The van der Waals surface area contributed by atoms with Crippen molar-refractivity contribution in [3.63, 3.8) is 0 Å². The highest BCUT2D eigenvalue weighted by Gasteiger charge is 2.30. The molecule has 148 valence electrons. The van der Waals surface area contributed by atoms with Crippen molar-refractivity contribution in [2.24, 2.45) is 5.92 Å². The molecule has 0 bridgehead atoms. The fourth-order valence-electron chi connectivity index (χ4n) is 2.75. The molecule has 0 aliphatic rings. The van der Waals surface area contributed by atoms with Crippen LogP contribution in [0.5, 0.6) is 0 Å². The lowest BCUT2D eigenvalue weighted by molar-refractivity contribution is -0.123. The van der Waals surface area contributed by atoms with Crippen molar-refractivity contribution in [3.05, 3.63) is 60.2 Å². The predicted molar refractivity (Wildman–Crippen MR) is 105 cm³/mol. The summed E-state index contributed by atoms with van der Waals surface area (Å²) in [4.78, 5) is 33.1. The number of benzene rings is 1. The van der Waals surface area contributed by atoms with Crippen LogP contribution in [-0.2, 0) is 11.2 Å². The van der Waals surface area contributed by atoms with Crippen molar-refractivity contribution < 1.29 is 19.6 Å². The van der Waals surface area contributed by atoms with Crippen LogP contribution >= 0.6 is 0 Å². The monoisotopic (exact) mass is 384 g/mol. The van der Waals surface area contributed by atoms with E-state index in [-0.39, 0.29) is 18.0 Å². The first kappa shape index (κ1) is 21.5. The second-order valence-corrected chi connectivity index (χ2v) is 6.96. The van der Waals surface area contributed by atoms with Crippen LogP contribution in [0.2, 0.25) is 0 Å². The Balaban J connectivity index is 2.16. The lowest BCUT2D eigenvalue weighted by Crippen LogP contribution is -2.55. The Morgan fingerprint density at radius 3 is 2.39 bits per heavy atom. The Morgan fingerprint density at radius 1 is 1.11 bits per heavy atom. The molecule has 2 aromatic rings. The number of carbonyl (C=O) groups is 2. The maximum absolute atomic E-state index is 12.8. The van der Waals surface area contributed by atoms with E-state index in [1.54, 1.807) is 0 Å². The number of nitrogens with zero attached hydrogens (tertiary/aromatic N) is 2. The smallest absolute Gasteiger partial charge is 0.426 e. The predicted octanol–water partition coefficient (Wildman–Crippen LogP) is 0.361. The van der Waals surface area contributed by atoms with Gasteiger partial charge in [0.05, 0.1) is 12.1 Å². The Labute approximate surface area is 164 Å². The summed E-state index contributed by atoms with van der Waals surface area (Å²) >= 11 is 0. The minimum absolute atomic E-state index is 0.0919. The summed E-state index contributed by atoms with van der Waals surface area (Å²) in [5.74, 6) is -1.72. The second-order valence-electron chi connectivity index (χ2n) is 6.96. The molecule has 1 unspecified atom stereocenters. The van der Waals surface area contributed by atoms with Gasteiger partial charge in [0.25, 0.3) is 5.91 Å². The van der Waals surface area contributed by atoms with Gasteiger partial charge in [-0.3, -0.25) is 14.6 Å². The molecule has 1 aromatic heterocycles. The molecule has 8 nitrogen and oxygen atoms in total. The van der Waals surface area contributed by atoms with E-state index in [9.17, 15) is 19.6 Å². The molecule has 9 heteroatoms. The van der Waals surface area contributed by atoms with Gasteiger partial charge in [0.2, 0.25) is 5.91 Å². The van der Waals surface area contributed by atoms with E-state index < -0.39 is 30.9 Å². The first-order valence-corrected chi connectivity index (χ1v) is 9.14. The molecule has 1 heterocycles. The van der Waals surface area contributed by atoms with Gasteiger partial charge in [-0.1, -0.05) is 44.2 Å². The van der Waals surface area contributed by atoms with E-state index in [1.807, 2.05) is 44.2 Å². The van der Waals surface area contributed by atoms with Crippen LogP contribution in [0.15, 0.2) is 48.9 Å². The van der Waals surface area contributed by atoms with Gasteiger partial charge in [-0.15, -0.1) is 0 Å². The van der Waals surface area contributed by atoms with Crippen molar-refractivity contribution in [1.29, 1.82) is 0 Å². The third-order valence-electron chi connectivity index (χ3n) is 4.11. The van der Waals surface area contributed by atoms with Crippen LogP contribution in [0.25, 0.3) is 0 Å². The fraction of sp³-hybridized carbons (Fsp3) is 0.368. The van der Waals surface area contributed by atoms with Crippen molar-refractivity contribution in [2.75, 3.05) is 0 Å². The van der Waals surface area contributed by atoms with Crippen LogP contribution in [0.4, 0.5) is 0 Å². The summed E-state index contributed by atoms with van der Waals surface area (Å²) in [5, 5.41) is 24.5. The zero-order chi connectivity index (χ0) is 20.5. The van der Waals surface area contributed by atoms with Crippen LogP contribution in [-0.4, -0.2) is 50.9 Å². The second kappa shape index (κ2) is 10.5. The zero-order valence-corrected chi connectivity index (χ0v) is 15.9. The average Bonchev–Trinajstić information content (AvgIpc) is 2.68. The first-order chi connectivity index (χ1) is 13.4. The third-order valence-corrected chi connectivity index (χ3v) is 4.11. The van der Waals surface area contributed by atoms with Gasteiger partial charge in [-0.2, -0.15) is 0 Å². The Hall–Kier alpha value is -2.78. The maximum Gasteiger partial charge on any atom is 0.475 e. The summed E-state index contributed by atoms with van der Waals surface area (Å²) in [7, 11) is -1.69. The van der Waals surface area contributed by atoms with E-state index in [4.69, 9.17) is 0 Å². The van der Waals surface area contributed by atoms with Gasteiger partial charge >= 0.3 is 7.12 Å². The maximum atomic E-state index is 12.8. The fourth-order valence-corrected chi connectivity index (χ4v) is 2.75. The van der Waals surface area contributed by atoms with E-state index in [1.165, 1.54) is 18.6 Å². The van der Waals surface area contributed by atoms with Crippen molar-refractivity contribution in [2.45, 2.75) is 38.7 Å². The Kier molecular flexibility index (Phi) is 8.10. The van der Waals surface area contributed by atoms with E-state index in [0.29, 0.717) is 6.42 Å². The normalized spacial score (nSPS) is 12.9. The minimum atomic E-state index is -1.69. The quantitative estimate of drug-likeness (QED) is 0.463. The molecular weight excluding hydrogens is 359 g/mol. The number of rotatable bonds is 9. The molecule has 28 heavy (non-hydrogen) atoms. The number of hydrogen-bond acceptors (Lipinski definition) is 6. The van der Waals surface area contributed by atoms with Crippen LogP contribution in [0.3, 0.4) is 0 Å². The molecule has 0 saturated carbocycles. The first-order valence-electron chi connectivity index (χ1n) is 9.14. The van der Waals surface area contributed by atoms with Gasteiger partial charge in [0.15, 0.2) is 0 Å². The number of carbonyl (C=O) groups excluding carboxylic acids is 2. The number of aromatic nitrogens is 2. The number of hydrogen-bond donors (Lipinski definition) is 4. The molecule has 2 amide bonds. The lowest BCUT2D eigenvalue weighted by Gasteiger charge is -2.24. The Morgan fingerprint density at radius 2 is 1.82 bits per heavy atom. The summed E-state index contributed by atoms with van der Waals surface area (Å²) < 4.78 is 0. The highest BCUT2D eigenvalue weighted by Crippen LogP contribution is 2.09. The summed E-state index contributed by atoms with van der Waals surface area (Å²) in [6.45, 7) is 3.83. The minimum Gasteiger partial charge on any atom is -0.426 e. The molecule has 0 aliphatic carbocycles. The van der Waals surface area contributed by atoms with Gasteiger partial charge in [0, 0.05) is 18.8 Å². The van der Waals surface area contributed by atoms with E-state index in [2.05, 4.69) is 20.6 Å². The van der Waals surface area contributed by atoms with E-state index >= 15 is 0 Å². The molecular formula is C19H25BN4O4. The highest BCUT2D eigenvalue weighted by molar-refractivity contribution is 6.43. The highest BCUT2D eigenvalue weighted by atomic mass is 16.4. The third kappa shape index (κ3) is 6.75. The van der Waals surface area contributed by atoms with Gasteiger partial charge < -0.3 is 20.7 Å². The molecule has 1 aromatic carbocycles. The summed E-state index contributed by atoms with van der Waals surface area (Å²) in [6, 6.07) is 8.33. The molecule has 0 spiro atoms. The van der Waals surface area contributed by atoms with Crippen molar-refractivity contribution >= 4 is 18.9 Å². The summed E-state index contributed by atoms with van der Waals surface area (Å²) in [6.07, 6.45) is 4.78. The lowest BCUT2D eigenvalue weighted by atomic mass is 9.75. The standard InChI is InChI=1S/C19H25BN4O4/c1-13(2)10-17(20(27)28)24-18(25)15(11-14-6-4-3-5-7-14)23-19(26)16-12-21-8-9-22-16/h3-9,12-13,15,17,27-28H,10-11H2,1-2H3,(H,23,26)(H,24,25)/t15-,17?/m1/s1. The van der Waals surface area contributed by atoms with Crippen LogP contribution in [0.1, 0.15) is 36.3 Å². The molecule has 0 aliphatic heterocycles. The average molecular weight is 384 g/mol. The molecule has 2 rings (SSSR count). The zero-order valence-electron chi connectivity index (χ0n) is 15.9. The molecule has 4 N–H and O–H groups in total. The van der Waals surface area contributed by atoms with Gasteiger partial charge in [-0.25, -0.2) is 4.98 Å². The largest absolute Gasteiger partial charge is 0.475 e. The Bertz CT molecular complexity index is 759. The molecule has 0 fully saturated rings. The van der Waals surface area contributed by atoms with Gasteiger partial charge in [-0.05, 0) is 17.9 Å². The van der Waals surface area contributed by atoms with Crippen molar-refractivity contribution in [1.82, 2.24) is 20.6 Å². The molecule has 2 atom stereocenters. The molecule has 0 saturated heterocycles. The topological polar surface area (TPSA) is 124 Å². The summed E-state index contributed by atoms with van der Waals surface area (Å²) in [5.41, 5.74) is 0.946. The van der Waals surface area contributed by atoms with Crippen LogP contribution in [0, 0.1) is 5.92 Å². The SMILES string of the molecule is CC(C)CC(NC(=O)[C@@H](Cc1ccccc1)NC(=O)c1cnccn1)B(O)O. The van der Waals surface area contributed by atoms with Gasteiger partial charge in [0.1, 0.15) is 11.7 Å².